The summed E-state index contributed by atoms with van der Waals surface area (Å²) in [4.78, 5) is 45.0. The molecule has 2 aliphatic heterocycles. The van der Waals surface area contributed by atoms with Crippen molar-refractivity contribution in [2.75, 3.05) is 81.4 Å². The molecule has 4 aromatic carbocycles. The summed E-state index contributed by atoms with van der Waals surface area (Å²) >= 11 is 7.58. The molecule has 2 N–H and O–H groups in total. The summed E-state index contributed by atoms with van der Waals surface area (Å²) in [5, 5.41) is 3.37. The topological polar surface area (TPSA) is 166 Å². The molecule has 0 spiro atoms. The van der Waals surface area contributed by atoms with Crippen LogP contribution in [0, 0.1) is 5.41 Å². The lowest BCUT2D eigenvalue weighted by atomic mass is 9.71. The van der Waals surface area contributed by atoms with E-state index in [9.17, 15) is 44.4 Å². The number of rotatable bonds is 17. The standard InChI is InChI=1S/C52H62ClF3N6O8S3/c1-50(2,3)70-49(65)62-29-25-60(26-30-62)36-51(4)22-20-45(37-10-14-40(53)15-11-37)39(33-51)34-59-23-27-61(28-24-59)42-16-12-38(13-17-42)48(64)58-73(68,69)44-18-19-46(47(32-44)72(66,67)52(54,55)56)57-41(21-31-63)35-71-43-8-6-5-7-9-43/h5-19,31-32,41,57H,20-30,33-36H2,1-4H3,(H,58,64)/t41-,51?/m1/s1. The minimum absolute atomic E-state index is 0.0257. The molecule has 2 saturated heterocycles. The van der Waals surface area contributed by atoms with Gasteiger partial charge in [-0.2, -0.15) is 13.2 Å². The molecule has 0 aromatic heterocycles. The molecule has 0 bridgehead atoms. The van der Waals surface area contributed by atoms with Gasteiger partial charge in [-0.25, -0.2) is 26.4 Å². The molecule has 4 aromatic rings. The average molecular weight is 1090 g/mol. The lowest BCUT2D eigenvalue weighted by molar-refractivity contribution is -0.108. The lowest BCUT2D eigenvalue weighted by Gasteiger charge is -2.44. The van der Waals surface area contributed by atoms with Crippen LogP contribution in [0.3, 0.4) is 0 Å². The molecule has 0 radical (unpaired) electrons. The highest BCUT2D eigenvalue weighted by Gasteiger charge is 2.48. The van der Waals surface area contributed by atoms with Crippen LogP contribution in [0.25, 0.3) is 5.57 Å². The molecule has 14 nitrogen and oxygen atoms in total. The first kappa shape index (κ1) is 55.6. The molecular formula is C52H62ClF3N6O8S3. The van der Waals surface area contributed by atoms with Crippen LogP contribution in [0.5, 0.6) is 0 Å². The number of sulfonamides is 1. The van der Waals surface area contributed by atoms with Gasteiger partial charge < -0.3 is 24.6 Å². The number of thioether (sulfide) groups is 1. The van der Waals surface area contributed by atoms with Crippen molar-refractivity contribution in [2.24, 2.45) is 5.41 Å². The molecular weight excluding hydrogens is 1030 g/mol. The number of alkyl halides is 3. The number of carbonyl (C=O) groups excluding carboxylic acids is 3. The second kappa shape index (κ2) is 23.2. The summed E-state index contributed by atoms with van der Waals surface area (Å²) in [5.41, 5.74) is -2.22. The number of piperazine rings is 2. The summed E-state index contributed by atoms with van der Waals surface area (Å²) < 4.78 is 102. The van der Waals surface area contributed by atoms with Crippen LogP contribution in [0.15, 0.2) is 117 Å². The van der Waals surface area contributed by atoms with Gasteiger partial charge in [0.2, 0.25) is 0 Å². The fourth-order valence-electron chi connectivity index (χ4n) is 9.41. The molecule has 394 valence electrons. The zero-order valence-corrected chi connectivity index (χ0v) is 44.5. The zero-order chi connectivity index (χ0) is 52.8. The fourth-order valence-corrected chi connectivity index (χ4v) is 12.5. The van der Waals surface area contributed by atoms with Crippen molar-refractivity contribution in [2.45, 2.75) is 85.2 Å². The zero-order valence-electron chi connectivity index (χ0n) is 41.3. The third-order valence-electron chi connectivity index (χ3n) is 13.2. The van der Waals surface area contributed by atoms with Crippen LogP contribution >= 0.6 is 23.4 Å². The lowest BCUT2D eigenvalue weighted by Crippen LogP contribution is -2.52. The van der Waals surface area contributed by atoms with E-state index in [0.717, 1.165) is 81.2 Å². The number of benzene rings is 4. The van der Waals surface area contributed by atoms with Gasteiger partial charge in [0.05, 0.1) is 10.6 Å². The van der Waals surface area contributed by atoms with Gasteiger partial charge in [-0.1, -0.05) is 54.4 Å². The monoisotopic (exact) mass is 1090 g/mol. The van der Waals surface area contributed by atoms with Crippen LogP contribution in [0.2, 0.25) is 5.02 Å². The van der Waals surface area contributed by atoms with Crippen molar-refractivity contribution >= 4 is 78.5 Å². The van der Waals surface area contributed by atoms with Gasteiger partial charge in [-0.3, -0.25) is 14.6 Å². The number of sulfone groups is 1. The Bertz CT molecular complexity index is 2860. The maximum atomic E-state index is 14.0. The third kappa shape index (κ3) is 14.6. The minimum Gasteiger partial charge on any atom is -0.444 e. The van der Waals surface area contributed by atoms with E-state index >= 15 is 0 Å². The van der Waals surface area contributed by atoms with Gasteiger partial charge >= 0.3 is 11.6 Å². The van der Waals surface area contributed by atoms with Crippen LogP contribution < -0.4 is 14.9 Å². The van der Waals surface area contributed by atoms with Gasteiger partial charge in [0.1, 0.15) is 16.8 Å². The Labute approximate surface area is 435 Å². The smallest absolute Gasteiger partial charge is 0.444 e. The van der Waals surface area contributed by atoms with E-state index < -0.39 is 58.4 Å². The van der Waals surface area contributed by atoms with E-state index in [1.807, 2.05) is 37.6 Å². The summed E-state index contributed by atoms with van der Waals surface area (Å²) in [6, 6.07) is 24.5. The molecule has 0 saturated carbocycles. The number of aldehydes is 1. The van der Waals surface area contributed by atoms with Gasteiger partial charge in [-0.15, -0.1) is 11.8 Å². The number of amides is 2. The van der Waals surface area contributed by atoms with E-state index in [2.05, 4.69) is 39.1 Å². The van der Waals surface area contributed by atoms with Gasteiger partial charge in [-0.05, 0) is 123 Å². The van der Waals surface area contributed by atoms with Gasteiger partial charge in [0.25, 0.3) is 25.8 Å². The largest absolute Gasteiger partial charge is 0.501 e. The fraction of sp³-hybridized carbons (Fsp3) is 0.442. The van der Waals surface area contributed by atoms with Crippen molar-refractivity contribution in [3.63, 3.8) is 0 Å². The number of hydrogen-bond acceptors (Lipinski definition) is 13. The first-order valence-electron chi connectivity index (χ1n) is 24.1. The predicted octanol–water partition coefficient (Wildman–Crippen LogP) is 9.23. The predicted molar refractivity (Wildman–Crippen MR) is 279 cm³/mol. The maximum Gasteiger partial charge on any atom is 0.501 e. The van der Waals surface area contributed by atoms with E-state index in [1.165, 1.54) is 40.6 Å². The minimum atomic E-state index is -6.12. The number of nitrogens with zero attached hydrogens (tertiary/aromatic N) is 4. The Kier molecular flexibility index (Phi) is 17.7. The van der Waals surface area contributed by atoms with Crippen molar-refractivity contribution in [1.82, 2.24) is 19.4 Å². The maximum absolute atomic E-state index is 14.0. The number of halogens is 4. The quantitative estimate of drug-likeness (QED) is 0.0760. The molecule has 7 rings (SSSR count). The molecule has 1 unspecified atom stereocenters. The van der Waals surface area contributed by atoms with Crippen molar-refractivity contribution < 1.29 is 49.1 Å². The van der Waals surface area contributed by atoms with E-state index in [-0.39, 0.29) is 29.2 Å². The van der Waals surface area contributed by atoms with Gasteiger partial charge in [0.15, 0.2) is 0 Å². The molecule has 2 heterocycles. The number of nitrogens with one attached hydrogen (secondary N) is 2. The second-order valence-corrected chi connectivity index (χ2v) is 25.2. The SMILES string of the molecule is CC1(CN2CCN(C(=O)OC(C)(C)C)CC2)CCC(c2ccc(Cl)cc2)=C(CN2CCN(c3ccc(C(=O)NS(=O)(=O)c4ccc(N[C@H](CC=O)CSc5ccccc5)c(S(=O)(=O)C(F)(F)F)c4)cc3)CC2)C1. The number of hydrogen-bond donors (Lipinski definition) is 2. The third-order valence-corrected chi connectivity index (χ3v) is 17.4. The number of ether oxygens (including phenoxy) is 1. The normalized spacial score (nSPS) is 19.1. The Balaban J connectivity index is 0.980. The Morgan fingerprint density at radius 1 is 0.849 bits per heavy atom. The molecule has 3 aliphatic rings. The van der Waals surface area contributed by atoms with Crippen LogP contribution in [0.1, 0.15) is 69.3 Å². The Morgan fingerprint density at radius 2 is 1.49 bits per heavy atom. The van der Waals surface area contributed by atoms with Crippen LogP contribution in [-0.2, 0) is 29.4 Å². The van der Waals surface area contributed by atoms with Gasteiger partial charge in [0, 0.05) is 105 Å². The molecule has 73 heavy (non-hydrogen) atoms. The number of allylic oxidation sites excluding steroid dienone is 1. The highest BCUT2D eigenvalue weighted by Crippen LogP contribution is 2.44. The summed E-state index contributed by atoms with van der Waals surface area (Å²) in [6.45, 7) is 15.4. The summed E-state index contributed by atoms with van der Waals surface area (Å²) in [5.74, 6) is -0.915. The molecule has 2 fully saturated rings. The first-order chi connectivity index (χ1) is 34.4. The molecule has 2 amide bonds. The van der Waals surface area contributed by atoms with Crippen LogP contribution in [-0.4, -0.2) is 138 Å². The highest BCUT2D eigenvalue weighted by atomic mass is 35.5. The van der Waals surface area contributed by atoms with Crippen LogP contribution in [0.4, 0.5) is 29.3 Å². The average Bonchev–Trinajstić information content (AvgIpc) is 3.33. The van der Waals surface area contributed by atoms with Crippen molar-refractivity contribution in [1.29, 1.82) is 0 Å². The van der Waals surface area contributed by atoms with Crippen molar-refractivity contribution in [3.8, 4) is 0 Å². The second-order valence-electron chi connectivity index (χ2n) is 20.0. The first-order valence-corrected chi connectivity index (χ1v) is 28.4. The van der Waals surface area contributed by atoms with E-state index in [4.69, 9.17) is 16.3 Å². The molecule has 21 heteroatoms. The molecule has 1 aliphatic carbocycles. The molecule has 2 atom stereocenters. The van der Waals surface area contributed by atoms with E-state index in [1.54, 1.807) is 47.4 Å². The number of anilines is 2. The highest BCUT2D eigenvalue weighted by molar-refractivity contribution is 7.99. The van der Waals surface area contributed by atoms with E-state index in [0.29, 0.717) is 43.6 Å². The Morgan fingerprint density at radius 3 is 2.11 bits per heavy atom. The number of carbonyl (C=O) groups is 3. The summed E-state index contributed by atoms with van der Waals surface area (Å²) in [7, 11) is -11.0. The Hall–Kier alpha value is -5.12. The summed E-state index contributed by atoms with van der Waals surface area (Å²) in [6.07, 6.45) is 2.94. The van der Waals surface area contributed by atoms with Crippen molar-refractivity contribution in [3.05, 3.63) is 119 Å².